The summed E-state index contributed by atoms with van der Waals surface area (Å²) in [4.78, 5) is 6.55. The van der Waals surface area contributed by atoms with Crippen molar-refractivity contribution in [3.63, 3.8) is 0 Å². The number of aliphatic imine (C=N–C) groups is 1. The van der Waals surface area contributed by atoms with Crippen molar-refractivity contribution in [3.8, 4) is 0 Å². The Morgan fingerprint density at radius 3 is 2.42 bits per heavy atom. The number of hydrogen-bond acceptors (Lipinski definition) is 2. The molecule has 0 bridgehead atoms. The quantitative estimate of drug-likeness (QED) is 0.474. The van der Waals surface area contributed by atoms with E-state index in [0.717, 1.165) is 19.5 Å². The van der Waals surface area contributed by atoms with Gasteiger partial charge in [-0.05, 0) is 26.9 Å². The maximum absolute atomic E-state index is 5.45. The molecule has 1 unspecified atom stereocenters. The zero-order chi connectivity index (χ0) is 9.56. The maximum atomic E-state index is 5.45. The van der Waals surface area contributed by atoms with Gasteiger partial charge in [-0.15, -0.1) is 0 Å². The van der Waals surface area contributed by atoms with Crippen LogP contribution in [0.4, 0.5) is 0 Å². The molecule has 3 heteroatoms. The molecule has 1 aliphatic rings. The van der Waals surface area contributed by atoms with Crippen molar-refractivity contribution in [1.82, 2.24) is 4.90 Å². The molecule has 0 amide bonds. The highest BCUT2D eigenvalue weighted by atomic mass is 15.1. The summed E-state index contributed by atoms with van der Waals surface area (Å²) in [5.41, 5.74) is 5.45. The summed E-state index contributed by atoms with van der Waals surface area (Å²) in [6.07, 6.45) is 1.16. The zero-order valence-corrected chi connectivity index (χ0v) is 8.67. The number of nitrogens with two attached hydrogens (primary N) is 1. The van der Waals surface area contributed by atoms with Gasteiger partial charge in [0.2, 0.25) is 0 Å². The molecule has 0 aromatic heterocycles. The van der Waals surface area contributed by atoms with Gasteiger partial charge < -0.3 is 10.6 Å². The lowest BCUT2D eigenvalue weighted by molar-refractivity contribution is 0.411. The molecule has 72 valence electrons. The molecular formula is C9H21N3. The van der Waals surface area contributed by atoms with Crippen LogP contribution in [0.25, 0.3) is 0 Å². The van der Waals surface area contributed by atoms with Crippen LogP contribution in [0.5, 0.6) is 0 Å². The lowest BCUT2D eigenvalue weighted by Crippen LogP contribution is -2.18. The van der Waals surface area contributed by atoms with E-state index in [1.165, 1.54) is 0 Å². The molecule has 1 aliphatic heterocycles. The van der Waals surface area contributed by atoms with Crippen molar-refractivity contribution in [1.29, 1.82) is 0 Å². The van der Waals surface area contributed by atoms with Gasteiger partial charge in [-0.2, -0.15) is 0 Å². The van der Waals surface area contributed by atoms with Gasteiger partial charge in [0.15, 0.2) is 0 Å². The first-order chi connectivity index (χ1) is 5.68. The van der Waals surface area contributed by atoms with Gasteiger partial charge >= 0.3 is 0 Å². The minimum absolute atomic E-state index is 0.454. The molecule has 0 radical (unpaired) electrons. The Balaban J connectivity index is 0.000000561. The van der Waals surface area contributed by atoms with E-state index in [4.69, 9.17) is 5.73 Å². The van der Waals surface area contributed by atoms with Crippen molar-refractivity contribution in [3.05, 3.63) is 0 Å². The molecule has 0 aromatic rings. The van der Waals surface area contributed by atoms with Crippen molar-refractivity contribution in [2.75, 3.05) is 20.1 Å². The molecule has 1 atom stereocenters. The van der Waals surface area contributed by atoms with Gasteiger partial charge in [0.1, 0.15) is 0 Å². The van der Waals surface area contributed by atoms with Crippen LogP contribution in [0, 0.1) is 0 Å². The van der Waals surface area contributed by atoms with Crippen LogP contribution in [0.1, 0.15) is 27.2 Å². The third-order valence-corrected chi connectivity index (χ3v) is 1.75. The van der Waals surface area contributed by atoms with E-state index in [9.17, 15) is 0 Å². The summed E-state index contributed by atoms with van der Waals surface area (Å²) >= 11 is 0. The number of hydrogen-bond donors (Lipinski definition) is 1. The van der Waals surface area contributed by atoms with Gasteiger partial charge in [-0.25, -0.2) is 0 Å². The number of likely N-dealkylation sites (N-methyl/N-ethyl adjacent to an activating group) is 1. The Morgan fingerprint density at radius 1 is 1.50 bits per heavy atom. The second-order valence-corrected chi connectivity index (χ2v) is 2.98. The molecule has 1 heterocycles. The molecular weight excluding hydrogens is 150 g/mol. The maximum Gasteiger partial charge on any atom is 0.0909 e. The minimum Gasteiger partial charge on any atom is -0.388 e. The van der Waals surface area contributed by atoms with Crippen LogP contribution >= 0.6 is 0 Å². The predicted molar refractivity (Wildman–Crippen MR) is 54.5 cm³/mol. The Bertz CT molecular complexity index is 139. The third kappa shape index (κ3) is 4.34. The van der Waals surface area contributed by atoms with Gasteiger partial charge in [-0.1, -0.05) is 13.8 Å². The molecule has 1 saturated heterocycles. The first kappa shape index (κ1) is 11.4. The van der Waals surface area contributed by atoms with E-state index in [-0.39, 0.29) is 0 Å². The number of likely N-dealkylation sites (tertiary alicyclic amines) is 1. The lowest BCUT2D eigenvalue weighted by atomic mass is 10.3. The number of rotatable bonds is 1. The van der Waals surface area contributed by atoms with Gasteiger partial charge in [0.25, 0.3) is 0 Å². The minimum atomic E-state index is 0.454. The lowest BCUT2D eigenvalue weighted by Gasteiger charge is -2.05. The fourth-order valence-corrected chi connectivity index (χ4v) is 1.31. The Morgan fingerprint density at radius 2 is 2.08 bits per heavy atom. The second kappa shape index (κ2) is 6.00. The average molecular weight is 171 g/mol. The molecule has 0 aliphatic carbocycles. The highest BCUT2D eigenvalue weighted by Crippen LogP contribution is 2.09. The fourth-order valence-electron chi connectivity index (χ4n) is 1.31. The summed E-state index contributed by atoms with van der Waals surface area (Å²) in [5, 5.41) is 0. The number of amidine groups is 1. The van der Waals surface area contributed by atoms with Crippen LogP contribution < -0.4 is 5.73 Å². The van der Waals surface area contributed by atoms with Crippen LogP contribution in [-0.4, -0.2) is 36.9 Å². The van der Waals surface area contributed by atoms with E-state index in [2.05, 4.69) is 16.9 Å². The van der Waals surface area contributed by atoms with Crippen LogP contribution in [0.3, 0.4) is 0 Å². The summed E-state index contributed by atoms with van der Waals surface area (Å²) < 4.78 is 0. The van der Waals surface area contributed by atoms with Gasteiger partial charge in [-0.3, -0.25) is 4.99 Å². The normalized spacial score (nSPS) is 25.0. The van der Waals surface area contributed by atoms with Crippen LogP contribution in [-0.2, 0) is 0 Å². The average Bonchev–Trinajstić information content (AvgIpc) is 2.39. The highest BCUT2D eigenvalue weighted by molar-refractivity contribution is 5.77. The fraction of sp³-hybridized carbons (Fsp3) is 0.889. The first-order valence-electron chi connectivity index (χ1n) is 4.67. The second-order valence-electron chi connectivity index (χ2n) is 2.98. The van der Waals surface area contributed by atoms with E-state index in [0.29, 0.717) is 11.9 Å². The van der Waals surface area contributed by atoms with E-state index in [1.54, 1.807) is 0 Å². The topological polar surface area (TPSA) is 41.6 Å². The van der Waals surface area contributed by atoms with Crippen molar-refractivity contribution >= 4 is 5.84 Å². The molecule has 3 nitrogen and oxygen atoms in total. The van der Waals surface area contributed by atoms with Crippen molar-refractivity contribution in [2.45, 2.75) is 33.2 Å². The molecule has 0 saturated carbocycles. The zero-order valence-electron chi connectivity index (χ0n) is 8.67. The summed E-state index contributed by atoms with van der Waals surface area (Å²) in [7, 11) is 2.11. The van der Waals surface area contributed by atoms with Crippen LogP contribution in [0.15, 0.2) is 4.99 Å². The third-order valence-electron chi connectivity index (χ3n) is 1.75. The monoisotopic (exact) mass is 171 g/mol. The molecule has 1 rings (SSSR count). The Kier molecular flexibility index (Phi) is 5.72. The van der Waals surface area contributed by atoms with Gasteiger partial charge in [0.05, 0.1) is 11.9 Å². The molecule has 1 fully saturated rings. The smallest absolute Gasteiger partial charge is 0.0909 e. The molecule has 0 spiro atoms. The SMILES string of the molecule is CC.CC(N)=NC1CCN(C)C1. The van der Waals surface area contributed by atoms with E-state index < -0.39 is 0 Å². The molecule has 2 N–H and O–H groups in total. The standard InChI is InChI=1S/C7H15N3.C2H6/c1-6(8)9-7-3-4-10(2)5-7;1-2/h7H,3-5H2,1-2H3,(H2,8,9);1-2H3. The summed E-state index contributed by atoms with van der Waals surface area (Å²) in [5.74, 6) is 0.709. The summed E-state index contributed by atoms with van der Waals surface area (Å²) in [6.45, 7) is 8.06. The Hall–Kier alpha value is -0.570. The van der Waals surface area contributed by atoms with E-state index >= 15 is 0 Å². The first-order valence-corrected chi connectivity index (χ1v) is 4.67. The highest BCUT2D eigenvalue weighted by Gasteiger charge is 2.17. The molecule has 0 aromatic carbocycles. The predicted octanol–water partition coefficient (Wildman–Crippen LogP) is 1.09. The largest absolute Gasteiger partial charge is 0.388 e. The van der Waals surface area contributed by atoms with Crippen molar-refractivity contribution in [2.24, 2.45) is 10.7 Å². The number of nitrogens with zero attached hydrogens (tertiary/aromatic N) is 2. The van der Waals surface area contributed by atoms with Crippen molar-refractivity contribution < 1.29 is 0 Å². The molecule has 12 heavy (non-hydrogen) atoms. The van der Waals surface area contributed by atoms with Crippen LogP contribution in [0.2, 0.25) is 0 Å². The summed E-state index contributed by atoms with van der Waals surface area (Å²) in [6, 6.07) is 0.454. The Labute approximate surface area is 75.7 Å². The van der Waals surface area contributed by atoms with E-state index in [1.807, 2.05) is 20.8 Å². The van der Waals surface area contributed by atoms with Gasteiger partial charge in [0, 0.05) is 6.54 Å².